The molecule has 0 saturated heterocycles. The van der Waals surface area contributed by atoms with E-state index in [1.54, 1.807) is 0 Å². The van der Waals surface area contributed by atoms with E-state index in [9.17, 15) is 19.6 Å². The third kappa shape index (κ3) is 2.36. The number of amides is 3. The van der Waals surface area contributed by atoms with Crippen molar-refractivity contribution in [1.29, 1.82) is 0 Å². The Balaban J connectivity index is 1.78. The molecule has 3 amide bonds. The Kier molecular flexibility index (Phi) is 3.44. The summed E-state index contributed by atoms with van der Waals surface area (Å²) in [5, 5.41) is 12.1. The van der Waals surface area contributed by atoms with Gasteiger partial charge in [0.05, 0.1) is 11.1 Å². The Hall–Kier alpha value is -2.99. The molecule has 6 heteroatoms. The second-order valence-corrected chi connectivity index (χ2v) is 4.85. The van der Waals surface area contributed by atoms with Crippen molar-refractivity contribution < 1.29 is 19.6 Å². The molecular weight excluding hydrogens is 284 g/mol. The zero-order chi connectivity index (χ0) is 15.7. The maximum atomic E-state index is 12.1. The maximum absolute atomic E-state index is 12.1. The molecule has 0 aliphatic carbocycles. The van der Waals surface area contributed by atoms with E-state index in [1.165, 1.54) is 18.2 Å². The summed E-state index contributed by atoms with van der Waals surface area (Å²) in [6, 6.07) is 13.5. The molecule has 1 aliphatic rings. The normalized spacial score (nSPS) is 13.2. The Bertz CT molecular complexity index is 771. The van der Waals surface area contributed by atoms with Crippen LogP contribution in [0.2, 0.25) is 0 Å². The van der Waals surface area contributed by atoms with Gasteiger partial charge in [0, 0.05) is 12.1 Å². The van der Waals surface area contributed by atoms with E-state index in [4.69, 9.17) is 0 Å². The van der Waals surface area contributed by atoms with E-state index in [0.717, 1.165) is 5.56 Å². The van der Waals surface area contributed by atoms with E-state index < -0.39 is 11.8 Å². The van der Waals surface area contributed by atoms with E-state index >= 15 is 0 Å². The van der Waals surface area contributed by atoms with Crippen molar-refractivity contribution in [1.82, 2.24) is 10.4 Å². The fraction of sp³-hybridized carbons (Fsp3) is 0.0625. The highest BCUT2D eigenvalue weighted by atomic mass is 16.5. The number of imide groups is 1. The molecule has 0 spiro atoms. The van der Waals surface area contributed by atoms with Gasteiger partial charge in [-0.2, -0.15) is 0 Å². The monoisotopic (exact) mass is 296 g/mol. The molecule has 1 heterocycles. The zero-order valence-corrected chi connectivity index (χ0v) is 11.4. The van der Waals surface area contributed by atoms with Gasteiger partial charge in [-0.05, 0) is 23.8 Å². The van der Waals surface area contributed by atoms with Gasteiger partial charge in [-0.15, -0.1) is 5.06 Å². The molecule has 3 rings (SSSR count). The summed E-state index contributed by atoms with van der Waals surface area (Å²) in [6.07, 6.45) is 0. The molecule has 22 heavy (non-hydrogen) atoms. The first-order chi connectivity index (χ1) is 10.6. The average Bonchev–Trinajstić information content (AvgIpc) is 2.78. The van der Waals surface area contributed by atoms with Crippen LogP contribution in [-0.4, -0.2) is 28.0 Å². The van der Waals surface area contributed by atoms with Gasteiger partial charge in [0.25, 0.3) is 17.7 Å². The third-order valence-electron chi connectivity index (χ3n) is 3.42. The molecule has 0 fully saturated rings. The van der Waals surface area contributed by atoms with Crippen LogP contribution in [0.3, 0.4) is 0 Å². The Morgan fingerprint density at radius 1 is 1.00 bits per heavy atom. The van der Waals surface area contributed by atoms with Crippen LogP contribution in [0.25, 0.3) is 0 Å². The highest BCUT2D eigenvalue weighted by molar-refractivity contribution is 6.21. The van der Waals surface area contributed by atoms with Crippen LogP contribution in [0.5, 0.6) is 0 Å². The predicted molar refractivity (Wildman–Crippen MR) is 76.3 cm³/mol. The molecule has 0 saturated carbocycles. The number of fused-ring (bicyclic) bond motifs is 1. The van der Waals surface area contributed by atoms with E-state index in [2.05, 4.69) is 5.32 Å². The smallest absolute Gasteiger partial charge is 0.285 e. The first-order valence-corrected chi connectivity index (χ1v) is 6.62. The van der Waals surface area contributed by atoms with Crippen LogP contribution in [0, 0.1) is 0 Å². The van der Waals surface area contributed by atoms with Crippen molar-refractivity contribution in [2.45, 2.75) is 6.54 Å². The summed E-state index contributed by atoms with van der Waals surface area (Å²) in [4.78, 5) is 35.3. The summed E-state index contributed by atoms with van der Waals surface area (Å²) >= 11 is 0. The molecule has 2 N–H and O–H groups in total. The molecular formula is C16H12N2O4. The molecule has 0 radical (unpaired) electrons. The van der Waals surface area contributed by atoms with Gasteiger partial charge < -0.3 is 5.32 Å². The Labute approximate surface area is 125 Å². The van der Waals surface area contributed by atoms with Crippen LogP contribution >= 0.6 is 0 Å². The molecule has 2 aromatic rings. The number of carbonyl (C=O) groups is 3. The van der Waals surface area contributed by atoms with Gasteiger partial charge in [0.2, 0.25) is 0 Å². The fourth-order valence-electron chi connectivity index (χ4n) is 2.25. The minimum atomic E-state index is -0.822. The lowest BCUT2D eigenvalue weighted by Crippen LogP contribution is -2.25. The van der Waals surface area contributed by atoms with Gasteiger partial charge >= 0.3 is 0 Å². The first-order valence-electron chi connectivity index (χ1n) is 6.62. The molecule has 2 aromatic carbocycles. The van der Waals surface area contributed by atoms with Crippen molar-refractivity contribution in [3.05, 3.63) is 70.8 Å². The summed E-state index contributed by atoms with van der Waals surface area (Å²) in [5.74, 6) is -1.96. The molecule has 0 bridgehead atoms. The lowest BCUT2D eigenvalue weighted by atomic mass is 10.1. The number of rotatable bonds is 3. The molecule has 1 aliphatic heterocycles. The quantitative estimate of drug-likeness (QED) is 0.665. The maximum Gasteiger partial charge on any atom is 0.285 e. The summed E-state index contributed by atoms with van der Waals surface area (Å²) in [5.41, 5.74) is 1.32. The number of carbonyl (C=O) groups excluding carboxylic acids is 3. The second kappa shape index (κ2) is 5.42. The summed E-state index contributed by atoms with van der Waals surface area (Å²) < 4.78 is 0. The third-order valence-corrected chi connectivity index (χ3v) is 3.42. The highest BCUT2D eigenvalue weighted by Gasteiger charge is 2.35. The number of nitrogens with zero attached hydrogens (tertiary/aromatic N) is 1. The minimum absolute atomic E-state index is 0.0276. The molecule has 110 valence electrons. The van der Waals surface area contributed by atoms with Crippen molar-refractivity contribution in [3.63, 3.8) is 0 Å². The van der Waals surface area contributed by atoms with Gasteiger partial charge in [-0.3, -0.25) is 19.6 Å². The molecule has 6 nitrogen and oxygen atoms in total. The zero-order valence-electron chi connectivity index (χ0n) is 11.4. The molecule has 0 unspecified atom stereocenters. The summed E-state index contributed by atoms with van der Waals surface area (Å²) in [7, 11) is 0. The van der Waals surface area contributed by atoms with Crippen LogP contribution < -0.4 is 5.32 Å². The largest absolute Gasteiger partial charge is 0.348 e. The van der Waals surface area contributed by atoms with E-state index in [-0.39, 0.29) is 27.7 Å². The number of hydrogen-bond donors (Lipinski definition) is 2. The number of hydrogen-bond acceptors (Lipinski definition) is 4. The lowest BCUT2D eigenvalue weighted by molar-refractivity contribution is -0.0327. The summed E-state index contributed by atoms with van der Waals surface area (Å²) in [6.45, 7) is 0.357. The standard InChI is InChI=1S/C16H12N2O4/c19-14(17-9-10-4-2-1-3-5-10)11-6-7-12-13(8-11)16(21)18(22)15(12)20/h1-8,22H,9H2,(H,17,19). The molecule has 0 atom stereocenters. The van der Waals surface area contributed by atoms with Crippen LogP contribution in [0.15, 0.2) is 48.5 Å². The number of hydroxylamine groups is 2. The van der Waals surface area contributed by atoms with Gasteiger partial charge in [-0.25, -0.2) is 0 Å². The minimum Gasteiger partial charge on any atom is -0.348 e. The van der Waals surface area contributed by atoms with E-state index in [1.807, 2.05) is 30.3 Å². The average molecular weight is 296 g/mol. The van der Waals surface area contributed by atoms with Crippen molar-refractivity contribution in [2.24, 2.45) is 0 Å². The topological polar surface area (TPSA) is 86.7 Å². The van der Waals surface area contributed by atoms with Crippen LogP contribution in [0.1, 0.15) is 36.6 Å². The first kappa shape index (κ1) is 14.0. The second-order valence-electron chi connectivity index (χ2n) is 4.85. The van der Waals surface area contributed by atoms with E-state index in [0.29, 0.717) is 6.54 Å². The fourth-order valence-corrected chi connectivity index (χ4v) is 2.25. The van der Waals surface area contributed by atoms with Crippen LogP contribution in [-0.2, 0) is 6.54 Å². The van der Waals surface area contributed by atoms with Crippen molar-refractivity contribution in [3.8, 4) is 0 Å². The highest BCUT2D eigenvalue weighted by Crippen LogP contribution is 2.22. The van der Waals surface area contributed by atoms with Crippen LogP contribution in [0.4, 0.5) is 0 Å². The lowest BCUT2D eigenvalue weighted by Gasteiger charge is -2.06. The Morgan fingerprint density at radius 3 is 2.41 bits per heavy atom. The molecule has 0 aromatic heterocycles. The Morgan fingerprint density at radius 2 is 1.68 bits per heavy atom. The number of nitrogens with one attached hydrogen (secondary N) is 1. The van der Waals surface area contributed by atoms with Gasteiger partial charge in [0.15, 0.2) is 0 Å². The van der Waals surface area contributed by atoms with Crippen molar-refractivity contribution in [2.75, 3.05) is 0 Å². The van der Waals surface area contributed by atoms with Crippen molar-refractivity contribution >= 4 is 17.7 Å². The van der Waals surface area contributed by atoms with Gasteiger partial charge in [-0.1, -0.05) is 30.3 Å². The SMILES string of the molecule is O=C(NCc1ccccc1)c1ccc2c(c1)C(=O)N(O)C2=O. The predicted octanol–water partition coefficient (Wildman–Crippen LogP) is 1.60. The van der Waals surface area contributed by atoms with Gasteiger partial charge in [0.1, 0.15) is 0 Å². The number of benzene rings is 2.